The van der Waals surface area contributed by atoms with Gasteiger partial charge >= 0.3 is 0 Å². The third-order valence-electron chi connectivity index (χ3n) is 3.59. The first-order chi connectivity index (χ1) is 7.99. The lowest BCUT2D eigenvalue weighted by Gasteiger charge is -2.36. The summed E-state index contributed by atoms with van der Waals surface area (Å²) in [5, 5.41) is 3.78. The number of benzene rings is 1. The van der Waals surface area contributed by atoms with Crippen LogP contribution in [0.1, 0.15) is 45.6 Å². The first-order valence-electron chi connectivity index (χ1n) is 6.78. The molecule has 1 aliphatic heterocycles. The molecular weight excluding hydrogens is 206 g/mol. The Bertz CT molecular complexity index is 342. The Morgan fingerprint density at radius 1 is 1.18 bits per heavy atom. The molecule has 1 nitrogen and oxygen atoms in total. The lowest BCUT2D eigenvalue weighted by Crippen LogP contribution is -2.44. The molecule has 1 N–H and O–H groups in total. The van der Waals surface area contributed by atoms with Gasteiger partial charge in [-0.3, -0.25) is 0 Å². The van der Waals surface area contributed by atoms with Crippen molar-refractivity contribution < 1.29 is 0 Å². The fourth-order valence-corrected chi connectivity index (χ4v) is 3.23. The standard InChI is InChI=1S/C16H25N/c1-15(2,3)13-16(10-7-11-17-16)12-14-8-5-4-6-9-14/h4-6,8-9,17H,7,10-13H2,1-3H3. The Morgan fingerprint density at radius 2 is 1.88 bits per heavy atom. The largest absolute Gasteiger partial charge is 0.311 e. The highest BCUT2D eigenvalue weighted by Gasteiger charge is 2.36. The van der Waals surface area contributed by atoms with E-state index >= 15 is 0 Å². The van der Waals surface area contributed by atoms with Gasteiger partial charge in [-0.2, -0.15) is 0 Å². The molecule has 0 amide bonds. The normalized spacial score (nSPS) is 25.1. The van der Waals surface area contributed by atoms with E-state index in [1.54, 1.807) is 0 Å². The summed E-state index contributed by atoms with van der Waals surface area (Å²) in [7, 11) is 0. The van der Waals surface area contributed by atoms with Crippen LogP contribution >= 0.6 is 0 Å². The Kier molecular flexibility index (Phi) is 3.58. The van der Waals surface area contributed by atoms with E-state index in [-0.39, 0.29) is 0 Å². The zero-order valence-corrected chi connectivity index (χ0v) is 11.4. The van der Waals surface area contributed by atoms with Crippen molar-refractivity contribution >= 4 is 0 Å². The molecular formula is C16H25N. The molecule has 1 heterocycles. The monoisotopic (exact) mass is 231 g/mol. The van der Waals surface area contributed by atoms with Gasteiger partial charge in [-0.25, -0.2) is 0 Å². The van der Waals surface area contributed by atoms with Gasteiger partial charge in [0, 0.05) is 5.54 Å². The minimum atomic E-state index is 0.333. The van der Waals surface area contributed by atoms with Crippen molar-refractivity contribution in [1.29, 1.82) is 0 Å². The molecule has 1 aromatic carbocycles. The molecule has 1 aromatic rings. The van der Waals surface area contributed by atoms with Crippen molar-refractivity contribution in [1.82, 2.24) is 5.32 Å². The van der Waals surface area contributed by atoms with Crippen LogP contribution in [-0.4, -0.2) is 12.1 Å². The van der Waals surface area contributed by atoms with Crippen molar-refractivity contribution in [2.24, 2.45) is 5.41 Å². The van der Waals surface area contributed by atoms with Gasteiger partial charge in [0.15, 0.2) is 0 Å². The number of nitrogens with one attached hydrogen (secondary N) is 1. The third-order valence-corrected chi connectivity index (χ3v) is 3.59. The number of hydrogen-bond donors (Lipinski definition) is 1. The molecule has 17 heavy (non-hydrogen) atoms. The molecule has 0 radical (unpaired) electrons. The second-order valence-corrected chi connectivity index (χ2v) is 6.71. The zero-order chi connectivity index (χ0) is 12.4. The zero-order valence-electron chi connectivity index (χ0n) is 11.4. The second-order valence-electron chi connectivity index (χ2n) is 6.71. The van der Waals surface area contributed by atoms with E-state index in [9.17, 15) is 0 Å². The maximum Gasteiger partial charge on any atom is 0.0227 e. The smallest absolute Gasteiger partial charge is 0.0227 e. The Labute approximate surface area is 106 Å². The predicted octanol–water partition coefficient (Wildman–Crippen LogP) is 3.79. The SMILES string of the molecule is CC(C)(C)CC1(Cc2ccccc2)CCCN1. The summed E-state index contributed by atoms with van der Waals surface area (Å²) in [6.45, 7) is 8.22. The molecule has 2 rings (SSSR count). The second kappa shape index (κ2) is 4.81. The summed E-state index contributed by atoms with van der Waals surface area (Å²) in [5.41, 5.74) is 2.19. The van der Waals surface area contributed by atoms with Gasteiger partial charge in [0.2, 0.25) is 0 Å². The third kappa shape index (κ3) is 3.57. The molecule has 0 bridgehead atoms. The molecule has 1 heteroatoms. The van der Waals surface area contributed by atoms with Crippen LogP contribution < -0.4 is 5.32 Å². The summed E-state index contributed by atoms with van der Waals surface area (Å²) >= 11 is 0. The van der Waals surface area contributed by atoms with Gasteiger partial charge in [-0.15, -0.1) is 0 Å². The maximum atomic E-state index is 3.78. The molecule has 1 atom stereocenters. The maximum absolute atomic E-state index is 3.78. The Morgan fingerprint density at radius 3 is 2.41 bits per heavy atom. The molecule has 1 aliphatic rings. The lowest BCUT2D eigenvalue weighted by atomic mass is 9.76. The van der Waals surface area contributed by atoms with E-state index in [1.165, 1.54) is 37.8 Å². The van der Waals surface area contributed by atoms with Gasteiger partial charge in [0.25, 0.3) is 0 Å². The van der Waals surface area contributed by atoms with Crippen LogP contribution in [0.4, 0.5) is 0 Å². The first-order valence-corrected chi connectivity index (χ1v) is 6.78. The van der Waals surface area contributed by atoms with E-state index < -0.39 is 0 Å². The molecule has 0 saturated carbocycles. The average molecular weight is 231 g/mol. The minimum absolute atomic E-state index is 0.333. The van der Waals surface area contributed by atoms with Crippen LogP contribution in [-0.2, 0) is 6.42 Å². The first kappa shape index (κ1) is 12.6. The molecule has 1 unspecified atom stereocenters. The van der Waals surface area contributed by atoms with Gasteiger partial charge in [0.05, 0.1) is 0 Å². The highest BCUT2D eigenvalue weighted by Crippen LogP contribution is 2.35. The predicted molar refractivity (Wildman–Crippen MR) is 74.2 cm³/mol. The van der Waals surface area contributed by atoms with Crippen molar-refractivity contribution in [3.63, 3.8) is 0 Å². The summed E-state index contributed by atoms with van der Waals surface area (Å²) in [6, 6.07) is 10.9. The molecule has 0 aromatic heterocycles. The van der Waals surface area contributed by atoms with Crippen LogP contribution in [0.5, 0.6) is 0 Å². The van der Waals surface area contributed by atoms with Crippen LogP contribution in [0.15, 0.2) is 30.3 Å². The van der Waals surface area contributed by atoms with Crippen molar-refractivity contribution in [2.45, 2.75) is 52.0 Å². The fourth-order valence-electron chi connectivity index (χ4n) is 3.23. The minimum Gasteiger partial charge on any atom is -0.311 e. The van der Waals surface area contributed by atoms with E-state index in [0.717, 1.165) is 0 Å². The van der Waals surface area contributed by atoms with Gasteiger partial charge < -0.3 is 5.32 Å². The lowest BCUT2D eigenvalue weighted by molar-refractivity contribution is 0.229. The van der Waals surface area contributed by atoms with Crippen molar-refractivity contribution in [2.75, 3.05) is 6.54 Å². The Hall–Kier alpha value is -0.820. The van der Waals surface area contributed by atoms with Crippen molar-refractivity contribution in [3.05, 3.63) is 35.9 Å². The summed E-state index contributed by atoms with van der Waals surface area (Å²) < 4.78 is 0. The topological polar surface area (TPSA) is 12.0 Å². The van der Waals surface area contributed by atoms with Gasteiger partial charge in [-0.05, 0) is 43.2 Å². The van der Waals surface area contributed by atoms with E-state index in [1.807, 2.05) is 0 Å². The van der Waals surface area contributed by atoms with Gasteiger partial charge in [0.1, 0.15) is 0 Å². The number of rotatable bonds is 3. The molecule has 94 valence electrons. The van der Waals surface area contributed by atoms with Crippen LogP contribution in [0, 0.1) is 5.41 Å². The average Bonchev–Trinajstić information content (AvgIpc) is 2.65. The molecule has 1 fully saturated rings. The highest BCUT2D eigenvalue weighted by atomic mass is 15.0. The Balaban J connectivity index is 2.12. The van der Waals surface area contributed by atoms with E-state index in [0.29, 0.717) is 11.0 Å². The van der Waals surface area contributed by atoms with E-state index in [4.69, 9.17) is 0 Å². The summed E-state index contributed by atoms with van der Waals surface area (Å²) in [4.78, 5) is 0. The van der Waals surface area contributed by atoms with Crippen LogP contribution in [0.25, 0.3) is 0 Å². The molecule has 0 spiro atoms. The van der Waals surface area contributed by atoms with E-state index in [2.05, 4.69) is 56.4 Å². The fraction of sp³-hybridized carbons (Fsp3) is 0.625. The summed E-state index contributed by atoms with van der Waals surface area (Å²) in [6.07, 6.45) is 5.07. The quantitative estimate of drug-likeness (QED) is 0.834. The molecule has 1 saturated heterocycles. The van der Waals surface area contributed by atoms with Gasteiger partial charge in [-0.1, -0.05) is 51.1 Å². The van der Waals surface area contributed by atoms with Crippen molar-refractivity contribution in [3.8, 4) is 0 Å². The molecule has 0 aliphatic carbocycles. The van der Waals surface area contributed by atoms with Crippen LogP contribution in [0.2, 0.25) is 0 Å². The van der Waals surface area contributed by atoms with Crippen LogP contribution in [0.3, 0.4) is 0 Å². The number of hydrogen-bond acceptors (Lipinski definition) is 1. The summed E-state index contributed by atoms with van der Waals surface area (Å²) in [5.74, 6) is 0. The highest BCUT2D eigenvalue weighted by molar-refractivity contribution is 5.19.